The summed E-state index contributed by atoms with van der Waals surface area (Å²) in [6.45, 7) is 0. The van der Waals surface area contributed by atoms with Crippen LogP contribution in [-0.2, 0) is 4.74 Å². The number of carbonyl (C=O) groups excluding carboxylic acids is 1. The number of rotatable bonds is 2. The summed E-state index contributed by atoms with van der Waals surface area (Å²) in [6.07, 6.45) is -0.658. The van der Waals surface area contributed by atoms with E-state index in [0.29, 0.717) is 11.3 Å². The Balaban J connectivity index is 1.87. The molecule has 4 heteroatoms. The molecule has 0 spiro atoms. The third-order valence-electron chi connectivity index (χ3n) is 2.71. The topological polar surface area (TPSA) is 35.5 Å². The molecule has 18 heavy (non-hydrogen) atoms. The van der Waals surface area contributed by atoms with Crippen LogP contribution in [0.3, 0.4) is 0 Å². The van der Waals surface area contributed by atoms with Gasteiger partial charge in [0, 0.05) is 10.0 Å². The monoisotopic (exact) mass is 304 g/mol. The first-order valence-electron chi connectivity index (χ1n) is 5.46. The molecule has 0 N–H and O–H groups in total. The van der Waals surface area contributed by atoms with Crippen molar-refractivity contribution in [1.29, 1.82) is 0 Å². The normalized spacial score (nSPS) is 17.2. The van der Waals surface area contributed by atoms with Crippen molar-refractivity contribution in [2.24, 2.45) is 0 Å². The molecular weight excluding hydrogens is 296 g/mol. The van der Waals surface area contributed by atoms with Gasteiger partial charge in [-0.25, -0.2) is 4.79 Å². The Bertz CT molecular complexity index is 592. The molecule has 3 nitrogen and oxygen atoms in total. The second-order valence-electron chi connectivity index (χ2n) is 3.90. The van der Waals surface area contributed by atoms with Crippen molar-refractivity contribution >= 4 is 21.9 Å². The van der Waals surface area contributed by atoms with Crippen LogP contribution in [0.1, 0.15) is 22.2 Å². The highest BCUT2D eigenvalue weighted by molar-refractivity contribution is 9.10. The van der Waals surface area contributed by atoms with Gasteiger partial charge in [0.1, 0.15) is 5.75 Å². The van der Waals surface area contributed by atoms with Gasteiger partial charge in [0.15, 0.2) is 0 Å². The fourth-order valence-corrected chi connectivity index (χ4v) is 2.10. The summed E-state index contributed by atoms with van der Waals surface area (Å²) < 4.78 is 11.8. The first-order valence-corrected chi connectivity index (χ1v) is 6.25. The number of carbonyl (C=O) groups is 1. The number of cyclic esters (lactones) is 1. The maximum absolute atomic E-state index is 11.6. The maximum atomic E-state index is 11.6. The van der Waals surface area contributed by atoms with Gasteiger partial charge in [-0.05, 0) is 30.3 Å². The molecule has 2 aromatic rings. The van der Waals surface area contributed by atoms with E-state index in [1.54, 1.807) is 6.07 Å². The second kappa shape index (κ2) is 4.46. The smallest absolute Gasteiger partial charge is 0.342 e. The first-order chi connectivity index (χ1) is 8.74. The van der Waals surface area contributed by atoms with E-state index >= 15 is 0 Å². The Morgan fingerprint density at radius 1 is 1.06 bits per heavy atom. The zero-order valence-corrected chi connectivity index (χ0v) is 10.9. The Kier molecular flexibility index (Phi) is 2.80. The van der Waals surface area contributed by atoms with Gasteiger partial charge in [-0.3, -0.25) is 0 Å². The minimum atomic E-state index is -0.658. The maximum Gasteiger partial charge on any atom is 0.342 e. The number of hydrogen-bond acceptors (Lipinski definition) is 3. The van der Waals surface area contributed by atoms with Crippen LogP contribution in [-0.4, -0.2) is 5.97 Å². The highest BCUT2D eigenvalue weighted by Gasteiger charge is 2.31. The van der Waals surface area contributed by atoms with Crippen LogP contribution in [0.25, 0.3) is 0 Å². The number of halogens is 1. The molecule has 1 unspecified atom stereocenters. The summed E-state index contributed by atoms with van der Waals surface area (Å²) in [5.41, 5.74) is 1.34. The Morgan fingerprint density at radius 3 is 2.56 bits per heavy atom. The summed E-state index contributed by atoms with van der Waals surface area (Å²) in [7, 11) is 0. The van der Waals surface area contributed by atoms with Gasteiger partial charge in [0.25, 0.3) is 6.29 Å². The van der Waals surface area contributed by atoms with Crippen molar-refractivity contribution < 1.29 is 14.3 Å². The largest absolute Gasteiger partial charge is 0.450 e. The van der Waals surface area contributed by atoms with Gasteiger partial charge in [-0.15, -0.1) is 0 Å². The molecule has 0 bridgehead atoms. The lowest BCUT2D eigenvalue weighted by atomic mass is 10.1. The molecule has 1 aliphatic heterocycles. The van der Waals surface area contributed by atoms with E-state index in [0.717, 1.165) is 10.0 Å². The van der Waals surface area contributed by atoms with E-state index < -0.39 is 6.29 Å². The molecule has 1 aliphatic rings. The van der Waals surface area contributed by atoms with Crippen LogP contribution >= 0.6 is 15.9 Å². The van der Waals surface area contributed by atoms with E-state index in [1.165, 1.54) is 0 Å². The number of benzene rings is 2. The van der Waals surface area contributed by atoms with Crippen LogP contribution in [0.5, 0.6) is 5.75 Å². The first kappa shape index (κ1) is 11.3. The molecule has 3 rings (SSSR count). The van der Waals surface area contributed by atoms with E-state index in [9.17, 15) is 4.79 Å². The van der Waals surface area contributed by atoms with Gasteiger partial charge in [-0.2, -0.15) is 0 Å². The molecule has 0 saturated heterocycles. The highest BCUT2D eigenvalue weighted by Crippen LogP contribution is 2.32. The van der Waals surface area contributed by atoms with Crippen molar-refractivity contribution in [3.8, 4) is 5.75 Å². The standard InChI is InChI=1S/C14H9BrO3/c15-9-5-7-10(8-6-9)17-14-12-4-2-1-3-11(12)13(16)18-14/h1-8,14H. The molecule has 1 atom stereocenters. The fraction of sp³-hybridized carbons (Fsp3) is 0.0714. The van der Waals surface area contributed by atoms with Crippen molar-refractivity contribution in [3.63, 3.8) is 0 Å². The van der Waals surface area contributed by atoms with E-state index in [2.05, 4.69) is 15.9 Å². The number of ether oxygens (including phenoxy) is 2. The zero-order chi connectivity index (χ0) is 12.5. The third-order valence-corrected chi connectivity index (χ3v) is 3.23. The van der Waals surface area contributed by atoms with Gasteiger partial charge in [0.2, 0.25) is 0 Å². The summed E-state index contributed by atoms with van der Waals surface area (Å²) >= 11 is 3.35. The van der Waals surface area contributed by atoms with E-state index in [4.69, 9.17) is 9.47 Å². The number of fused-ring (bicyclic) bond motifs is 1. The number of hydrogen-bond donors (Lipinski definition) is 0. The minimum absolute atomic E-state index is 0.340. The predicted molar refractivity (Wildman–Crippen MR) is 69.4 cm³/mol. The summed E-state index contributed by atoms with van der Waals surface area (Å²) in [5, 5.41) is 0. The molecule has 90 valence electrons. The van der Waals surface area contributed by atoms with Crippen LogP contribution in [0, 0.1) is 0 Å². The van der Waals surface area contributed by atoms with Gasteiger partial charge in [-0.1, -0.05) is 34.1 Å². The predicted octanol–water partition coefficient (Wildman–Crippen LogP) is 3.70. The zero-order valence-electron chi connectivity index (χ0n) is 9.30. The lowest BCUT2D eigenvalue weighted by Crippen LogP contribution is -2.06. The number of esters is 1. The average Bonchev–Trinajstić information content (AvgIpc) is 2.70. The average molecular weight is 305 g/mol. The highest BCUT2D eigenvalue weighted by atomic mass is 79.9. The molecular formula is C14H9BrO3. The second-order valence-corrected chi connectivity index (χ2v) is 4.81. The Labute approximate surface area is 112 Å². The van der Waals surface area contributed by atoms with Crippen LogP contribution in [0.15, 0.2) is 53.0 Å². The minimum Gasteiger partial charge on any atom is -0.450 e. The lowest BCUT2D eigenvalue weighted by molar-refractivity contribution is -0.0381. The van der Waals surface area contributed by atoms with Gasteiger partial charge < -0.3 is 9.47 Å². The van der Waals surface area contributed by atoms with Crippen molar-refractivity contribution in [3.05, 3.63) is 64.1 Å². The van der Waals surface area contributed by atoms with Gasteiger partial charge >= 0.3 is 5.97 Å². The molecule has 0 radical (unpaired) electrons. The van der Waals surface area contributed by atoms with Gasteiger partial charge in [0.05, 0.1) is 5.56 Å². The van der Waals surface area contributed by atoms with Crippen molar-refractivity contribution in [1.82, 2.24) is 0 Å². The molecule has 1 heterocycles. The molecule has 0 aliphatic carbocycles. The van der Waals surface area contributed by atoms with Crippen molar-refractivity contribution in [2.75, 3.05) is 0 Å². The van der Waals surface area contributed by atoms with E-state index in [-0.39, 0.29) is 5.97 Å². The Hall–Kier alpha value is -1.81. The SMILES string of the molecule is O=C1OC(Oc2ccc(Br)cc2)c2ccccc21. The third kappa shape index (κ3) is 1.99. The summed E-state index contributed by atoms with van der Waals surface area (Å²) in [4.78, 5) is 11.6. The molecule has 0 amide bonds. The van der Waals surface area contributed by atoms with E-state index in [1.807, 2.05) is 42.5 Å². The lowest BCUT2D eigenvalue weighted by Gasteiger charge is -2.13. The molecule has 0 saturated carbocycles. The van der Waals surface area contributed by atoms with Crippen LogP contribution in [0.4, 0.5) is 0 Å². The summed E-state index contributed by atoms with van der Waals surface area (Å²) in [5.74, 6) is 0.320. The van der Waals surface area contributed by atoms with Crippen LogP contribution in [0.2, 0.25) is 0 Å². The molecule has 2 aromatic carbocycles. The Morgan fingerprint density at radius 2 is 1.78 bits per heavy atom. The van der Waals surface area contributed by atoms with Crippen molar-refractivity contribution in [2.45, 2.75) is 6.29 Å². The van der Waals surface area contributed by atoms with Crippen LogP contribution < -0.4 is 4.74 Å². The fourth-order valence-electron chi connectivity index (χ4n) is 1.84. The molecule has 0 aromatic heterocycles. The quantitative estimate of drug-likeness (QED) is 0.794. The molecule has 0 fully saturated rings. The summed E-state index contributed by atoms with van der Waals surface area (Å²) in [6, 6.07) is 14.6.